The Morgan fingerprint density at radius 1 is 1.22 bits per heavy atom. The minimum atomic E-state index is -4.42. The van der Waals surface area contributed by atoms with E-state index in [1.54, 1.807) is 24.3 Å². The Hall–Kier alpha value is -2.37. The molecule has 1 heterocycles. The van der Waals surface area contributed by atoms with Crippen LogP contribution in [0.2, 0.25) is 0 Å². The average molecular weight is 325 g/mol. The van der Waals surface area contributed by atoms with E-state index >= 15 is 0 Å². The molecule has 0 unspecified atom stereocenters. The van der Waals surface area contributed by atoms with Crippen molar-refractivity contribution in [3.05, 3.63) is 59.8 Å². The maximum absolute atomic E-state index is 13.3. The average Bonchev–Trinajstić information content (AvgIpc) is 2.54. The van der Waals surface area contributed by atoms with E-state index in [0.717, 1.165) is 6.08 Å². The lowest BCUT2D eigenvalue weighted by atomic mass is 10.1. The molecule has 0 spiro atoms. The number of allylic oxidation sites excluding steroid dienone is 4. The van der Waals surface area contributed by atoms with Crippen molar-refractivity contribution in [2.45, 2.75) is 12.7 Å². The molecule has 23 heavy (non-hydrogen) atoms. The fourth-order valence-electron chi connectivity index (χ4n) is 2.37. The van der Waals surface area contributed by atoms with E-state index in [2.05, 4.69) is 6.58 Å². The van der Waals surface area contributed by atoms with Gasteiger partial charge in [0, 0.05) is 13.1 Å². The van der Waals surface area contributed by atoms with Gasteiger partial charge in [-0.25, -0.2) is 0 Å². The van der Waals surface area contributed by atoms with E-state index in [9.17, 15) is 13.2 Å². The molecule has 6 heteroatoms. The molecule has 0 bridgehead atoms. The van der Waals surface area contributed by atoms with Crippen LogP contribution in [0.25, 0.3) is 0 Å². The Labute approximate surface area is 133 Å². The minimum absolute atomic E-state index is 0.118. The Kier molecular flexibility index (Phi) is 5.03. The summed E-state index contributed by atoms with van der Waals surface area (Å²) in [6.45, 7) is 3.81. The standard InChI is InChI=1S/C17H18F3NO2/c1-4-12-7-8-21(16(10-12)17(18,19)20)11-13-5-6-14(22-2)15(9-13)23-3/h4-7,9-10H,1,8,11H2,2-3H3. The zero-order valence-corrected chi connectivity index (χ0v) is 13.0. The summed E-state index contributed by atoms with van der Waals surface area (Å²) in [5, 5.41) is 0. The van der Waals surface area contributed by atoms with Crippen molar-refractivity contribution >= 4 is 0 Å². The Bertz CT molecular complexity index is 648. The summed E-state index contributed by atoms with van der Waals surface area (Å²) >= 11 is 0. The lowest BCUT2D eigenvalue weighted by Crippen LogP contribution is -2.33. The molecule has 0 saturated carbocycles. The second-order valence-corrected chi connectivity index (χ2v) is 5.01. The number of alkyl halides is 3. The molecule has 1 aliphatic rings. The van der Waals surface area contributed by atoms with Crippen molar-refractivity contribution in [3.63, 3.8) is 0 Å². The molecule has 1 aromatic carbocycles. The first-order chi connectivity index (χ1) is 10.9. The third-order valence-corrected chi connectivity index (χ3v) is 3.54. The number of ether oxygens (including phenoxy) is 2. The van der Waals surface area contributed by atoms with Gasteiger partial charge >= 0.3 is 6.18 Å². The summed E-state index contributed by atoms with van der Waals surface area (Å²) in [6, 6.07) is 5.09. The molecule has 0 fully saturated rings. The predicted molar refractivity (Wildman–Crippen MR) is 82.4 cm³/mol. The molecule has 2 rings (SSSR count). The molecule has 3 nitrogen and oxygen atoms in total. The highest BCUT2D eigenvalue weighted by molar-refractivity contribution is 5.43. The molecule has 1 aliphatic heterocycles. The zero-order valence-electron chi connectivity index (χ0n) is 13.0. The summed E-state index contributed by atoms with van der Waals surface area (Å²) in [5.41, 5.74) is 0.499. The fraction of sp³-hybridized carbons (Fsp3) is 0.294. The molecule has 0 N–H and O–H groups in total. The van der Waals surface area contributed by atoms with E-state index < -0.39 is 11.9 Å². The van der Waals surface area contributed by atoms with Gasteiger partial charge < -0.3 is 14.4 Å². The van der Waals surface area contributed by atoms with Gasteiger partial charge in [0.15, 0.2) is 11.5 Å². The number of benzene rings is 1. The molecule has 124 valence electrons. The number of hydrogen-bond acceptors (Lipinski definition) is 3. The van der Waals surface area contributed by atoms with Gasteiger partial charge in [-0.05, 0) is 29.3 Å². The van der Waals surface area contributed by atoms with E-state index in [1.165, 1.54) is 25.2 Å². The number of halogens is 3. The highest BCUT2D eigenvalue weighted by Crippen LogP contribution is 2.34. The summed E-state index contributed by atoms with van der Waals surface area (Å²) < 4.78 is 50.1. The number of nitrogens with zero attached hydrogens (tertiary/aromatic N) is 1. The second-order valence-electron chi connectivity index (χ2n) is 5.01. The van der Waals surface area contributed by atoms with Crippen LogP contribution in [0.1, 0.15) is 5.56 Å². The van der Waals surface area contributed by atoms with Gasteiger partial charge in [-0.15, -0.1) is 0 Å². The van der Waals surface area contributed by atoms with Gasteiger partial charge in [0.1, 0.15) is 5.70 Å². The lowest BCUT2D eigenvalue weighted by Gasteiger charge is -2.31. The van der Waals surface area contributed by atoms with Crippen molar-refractivity contribution < 1.29 is 22.6 Å². The summed E-state index contributed by atoms with van der Waals surface area (Å²) in [5.74, 6) is 1.03. The smallest absolute Gasteiger partial charge is 0.431 e. The first-order valence-corrected chi connectivity index (χ1v) is 6.96. The Morgan fingerprint density at radius 2 is 1.91 bits per heavy atom. The first-order valence-electron chi connectivity index (χ1n) is 6.96. The molecule has 0 atom stereocenters. The molecule has 0 saturated heterocycles. The van der Waals surface area contributed by atoms with Crippen molar-refractivity contribution in [2.24, 2.45) is 0 Å². The van der Waals surface area contributed by atoms with Crippen LogP contribution in [0.4, 0.5) is 13.2 Å². The predicted octanol–water partition coefficient (Wildman–Crippen LogP) is 4.08. The third kappa shape index (κ3) is 3.88. The molecule has 0 aromatic heterocycles. The maximum atomic E-state index is 13.3. The highest BCUT2D eigenvalue weighted by Gasteiger charge is 2.38. The van der Waals surface area contributed by atoms with Gasteiger partial charge in [-0.3, -0.25) is 0 Å². The van der Waals surface area contributed by atoms with Crippen LogP contribution in [-0.4, -0.2) is 31.8 Å². The van der Waals surface area contributed by atoms with E-state index in [0.29, 0.717) is 22.6 Å². The second kappa shape index (κ2) is 6.81. The van der Waals surface area contributed by atoms with E-state index in [1.807, 2.05) is 0 Å². The molecule has 1 aromatic rings. The van der Waals surface area contributed by atoms with Crippen molar-refractivity contribution in [1.29, 1.82) is 0 Å². The lowest BCUT2D eigenvalue weighted by molar-refractivity contribution is -0.112. The Balaban J connectivity index is 2.27. The van der Waals surface area contributed by atoms with Crippen molar-refractivity contribution in [3.8, 4) is 11.5 Å². The molecule has 0 radical (unpaired) electrons. The summed E-state index contributed by atoms with van der Waals surface area (Å²) in [6.07, 6.45) is -0.182. The van der Waals surface area contributed by atoms with Gasteiger partial charge in [0.05, 0.1) is 14.2 Å². The van der Waals surface area contributed by atoms with Crippen LogP contribution in [0.3, 0.4) is 0 Å². The van der Waals surface area contributed by atoms with Crippen LogP contribution in [0.15, 0.2) is 54.3 Å². The molecule has 0 aliphatic carbocycles. The molecule has 0 amide bonds. The quantitative estimate of drug-likeness (QED) is 0.814. The topological polar surface area (TPSA) is 21.7 Å². The summed E-state index contributed by atoms with van der Waals surface area (Å²) in [7, 11) is 3.00. The van der Waals surface area contributed by atoms with Gasteiger partial charge in [0.2, 0.25) is 0 Å². The first kappa shape index (κ1) is 17.0. The number of rotatable bonds is 5. The SMILES string of the molecule is C=CC1=CCN(Cc2ccc(OC)c(OC)c2)C(C(F)(F)F)=C1. The zero-order chi connectivity index (χ0) is 17.0. The fourth-order valence-corrected chi connectivity index (χ4v) is 2.37. The maximum Gasteiger partial charge on any atom is 0.431 e. The van der Waals surface area contributed by atoms with E-state index in [4.69, 9.17) is 9.47 Å². The van der Waals surface area contributed by atoms with Crippen LogP contribution in [-0.2, 0) is 6.54 Å². The van der Waals surface area contributed by atoms with Crippen molar-refractivity contribution in [1.82, 2.24) is 4.90 Å². The molecular weight excluding hydrogens is 307 g/mol. The summed E-state index contributed by atoms with van der Waals surface area (Å²) in [4.78, 5) is 1.27. The number of methoxy groups -OCH3 is 2. The largest absolute Gasteiger partial charge is 0.493 e. The highest BCUT2D eigenvalue weighted by atomic mass is 19.4. The minimum Gasteiger partial charge on any atom is -0.493 e. The third-order valence-electron chi connectivity index (χ3n) is 3.54. The molecular formula is C17H18F3NO2. The van der Waals surface area contributed by atoms with Crippen molar-refractivity contribution in [2.75, 3.05) is 20.8 Å². The Morgan fingerprint density at radius 3 is 2.48 bits per heavy atom. The van der Waals surface area contributed by atoms with Crippen LogP contribution in [0, 0.1) is 0 Å². The van der Waals surface area contributed by atoms with Gasteiger partial charge in [-0.1, -0.05) is 24.8 Å². The van der Waals surface area contributed by atoms with Gasteiger partial charge in [-0.2, -0.15) is 13.2 Å². The monoisotopic (exact) mass is 325 g/mol. The van der Waals surface area contributed by atoms with Gasteiger partial charge in [0.25, 0.3) is 0 Å². The van der Waals surface area contributed by atoms with Crippen LogP contribution >= 0.6 is 0 Å². The normalized spacial score (nSPS) is 14.9. The van der Waals surface area contributed by atoms with Crippen LogP contribution in [0.5, 0.6) is 11.5 Å². The van der Waals surface area contributed by atoms with Crippen LogP contribution < -0.4 is 9.47 Å². The number of hydrogen-bond donors (Lipinski definition) is 0. The van der Waals surface area contributed by atoms with E-state index in [-0.39, 0.29) is 13.1 Å².